The SMILES string of the molecule is CC1(C)c2ccccc2-c2cc3c(cc21)N(c1ccccc1-c1ccc2c(c1)[Si]1(c4ccccc4-c4ccccc41)c1ccccc1-2)c1ccccc1C31c2ccccc2-c2ccccc21. The number of hydrogen-bond donors (Lipinski definition) is 0. The van der Waals surface area contributed by atoms with Gasteiger partial charge in [0.2, 0.25) is 0 Å². The molecule has 10 aromatic rings. The molecule has 2 aliphatic carbocycles. The lowest BCUT2D eigenvalue weighted by Gasteiger charge is -2.46. The first kappa shape index (κ1) is 36.5. The van der Waals surface area contributed by atoms with E-state index in [4.69, 9.17) is 0 Å². The first-order valence-corrected chi connectivity index (χ1v) is 25.4. The van der Waals surface area contributed by atoms with Crippen LogP contribution in [0.1, 0.15) is 47.2 Å². The van der Waals surface area contributed by atoms with Gasteiger partial charge in [0.15, 0.2) is 8.07 Å². The molecule has 0 bridgehead atoms. The maximum absolute atomic E-state index is 2.65. The van der Waals surface area contributed by atoms with Crippen molar-refractivity contribution in [3.05, 3.63) is 258 Å². The summed E-state index contributed by atoms with van der Waals surface area (Å²) in [5.74, 6) is 0. The molecule has 1 nitrogen and oxygen atoms in total. The summed E-state index contributed by atoms with van der Waals surface area (Å²) >= 11 is 0. The molecule has 0 aromatic heterocycles. The number of para-hydroxylation sites is 2. The van der Waals surface area contributed by atoms with Gasteiger partial charge in [0.05, 0.1) is 22.5 Å². The molecule has 0 radical (unpaired) electrons. The summed E-state index contributed by atoms with van der Waals surface area (Å²) in [5, 5.41) is 5.99. The molecule has 0 saturated heterocycles. The molecular weight excluding hydrogens is 811 g/mol. The summed E-state index contributed by atoms with van der Waals surface area (Å²) in [6.07, 6.45) is 0. The second-order valence-electron chi connectivity index (χ2n) is 19.4. The zero-order valence-electron chi connectivity index (χ0n) is 36.8. The Bertz CT molecular complexity index is 3670. The van der Waals surface area contributed by atoms with Crippen LogP contribution < -0.4 is 25.6 Å². The summed E-state index contributed by atoms with van der Waals surface area (Å²) in [6, 6.07) is 86.4. The lowest BCUT2D eigenvalue weighted by molar-refractivity contribution is 0.658. The highest BCUT2D eigenvalue weighted by atomic mass is 28.3. The minimum Gasteiger partial charge on any atom is -0.309 e. The Morgan fingerprint density at radius 1 is 0.288 bits per heavy atom. The summed E-state index contributed by atoms with van der Waals surface area (Å²) in [4.78, 5) is 2.63. The molecule has 0 fully saturated rings. The largest absolute Gasteiger partial charge is 0.309 e. The third-order valence-corrected chi connectivity index (χ3v) is 21.3. The third kappa shape index (κ3) is 4.23. The summed E-state index contributed by atoms with van der Waals surface area (Å²) in [7, 11) is -2.65. The van der Waals surface area contributed by atoms with Gasteiger partial charge >= 0.3 is 0 Å². The van der Waals surface area contributed by atoms with Crippen LogP contribution >= 0.6 is 0 Å². The minimum atomic E-state index is -2.65. The maximum atomic E-state index is 2.63. The number of rotatable bonds is 2. The van der Waals surface area contributed by atoms with Crippen molar-refractivity contribution >= 4 is 45.9 Å². The Hall–Kier alpha value is -7.78. The van der Waals surface area contributed by atoms with Crippen LogP contribution in [0.2, 0.25) is 0 Å². The van der Waals surface area contributed by atoms with Gasteiger partial charge in [0.1, 0.15) is 0 Å². The number of anilines is 3. The van der Waals surface area contributed by atoms with E-state index in [1.54, 1.807) is 0 Å². The van der Waals surface area contributed by atoms with Crippen molar-refractivity contribution in [3.63, 3.8) is 0 Å². The van der Waals surface area contributed by atoms with Crippen molar-refractivity contribution in [2.24, 2.45) is 0 Å². The predicted octanol–water partition coefficient (Wildman–Crippen LogP) is 13.1. The molecule has 0 unspecified atom stereocenters. The smallest absolute Gasteiger partial charge is 0.182 e. The van der Waals surface area contributed by atoms with Gasteiger partial charge in [-0.15, -0.1) is 0 Å². The Morgan fingerprint density at radius 2 is 0.727 bits per heavy atom. The van der Waals surface area contributed by atoms with Crippen LogP contribution in [0, 0.1) is 0 Å². The Morgan fingerprint density at radius 3 is 1.32 bits per heavy atom. The third-order valence-electron chi connectivity index (χ3n) is 16.3. The van der Waals surface area contributed by atoms with E-state index in [9.17, 15) is 0 Å². The van der Waals surface area contributed by atoms with E-state index in [2.05, 4.69) is 243 Å². The molecule has 0 N–H and O–H groups in total. The van der Waals surface area contributed by atoms with Crippen LogP contribution in [-0.4, -0.2) is 8.07 Å². The van der Waals surface area contributed by atoms with Crippen LogP contribution in [0.15, 0.2) is 224 Å². The van der Waals surface area contributed by atoms with E-state index >= 15 is 0 Å². The van der Waals surface area contributed by atoms with E-state index in [1.807, 2.05) is 0 Å². The highest BCUT2D eigenvalue weighted by molar-refractivity contribution is 7.24. The van der Waals surface area contributed by atoms with Crippen molar-refractivity contribution in [2.75, 3.05) is 4.90 Å². The number of nitrogens with zero attached hydrogens (tertiary/aromatic N) is 1. The average molecular weight is 854 g/mol. The highest BCUT2D eigenvalue weighted by Gasteiger charge is 2.55. The van der Waals surface area contributed by atoms with Crippen molar-refractivity contribution in [3.8, 4) is 55.6 Å². The molecule has 2 spiro atoms. The molecule has 0 atom stereocenters. The van der Waals surface area contributed by atoms with Crippen molar-refractivity contribution < 1.29 is 0 Å². The van der Waals surface area contributed by atoms with E-state index in [0.717, 1.165) is 0 Å². The van der Waals surface area contributed by atoms with Gasteiger partial charge in [0, 0.05) is 11.0 Å². The average Bonchev–Trinajstić information content (AvgIpc) is 4.03. The molecule has 3 heterocycles. The normalized spacial score (nSPS) is 15.8. The Kier molecular flexibility index (Phi) is 7.04. The second-order valence-corrected chi connectivity index (χ2v) is 23.1. The summed E-state index contributed by atoms with van der Waals surface area (Å²) in [6.45, 7) is 4.83. The fraction of sp³-hybridized carbons (Fsp3) is 0.0625. The lowest BCUT2D eigenvalue weighted by atomic mass is 9.64. The highest BCUT2D eigenvalue weighted by Crippen LogP contribution is 2.65. The maximum Gasteiger partial charge on any atom is 0.182 e. The Labute approximate surface area is 387 Å². The van der Waals surface area contributed by atoms with Crippen LogP contribution in [0.4, 0.5) is 17.1 Å². The fourth-order valence-corrected chi connectivity index (χ4v) is 19.4. The van der Waals surface area contributed by atoms with Gasteiger partial charge in [-0.3, -0.25) is 0 Å². The predicted molar refractivity (Wildman–Crippen MR) is 277 cm³/mol. The van der Waals surface area contributed by atoms with E-state index in [1.165, 1.54) is 127 Å². The Balaban J connectivity index is 1.02. The fourth-order valence-electron chi connectivity index (χ4n) is 13.7. The molecule has 5 aliphatic rings. The van der Waals surface area contributed by atoms with Crippen LogP contribution in [0.25, 0.3) is 55.6 Å². The van der Waals surface area contributed by atoms with Crippen LogP contribution in [0.3, 0.4) is 0 Å². The zero-order valence-corrected chi connectivity index (χ0v) is 37.8. The number of benzene rings is 10. The molecule has 15 rings (SSSR count). The van der Waals surface area contributed by atoms with Crippen molar-refractivity contribution in [2.45, 2.75) is 24.7 Å². The standard InChI is InChI=1S/C64H43NSi/c1-63(2)50-26-10-3-22-44(50)49-38-55-58(39-54(49)63)65(57-31-15-13-29-53(57)64(55)51-27-11-4-20-42(51)43-21-5-12-28-52(43)64)56-30-14-6-19-41(56)40-35-36-48-47-25-9-18-34-61(47)66(62(48)37-40)59-32-16-7-23-45(59)46-24-8-17-33-60(46)66/h3-39H,1-2H3. The lowest BCUT2D eigenvalue weighted by Crippen LogP contribution is -2.70. The molecule has 308 valence electrons. The zero-order chi connectivity index (χ0) is 43.5. The number of hydrogen-bond acceptors (Lipinski definition) is 1. The number of fused-ring (bicyclic) bond motifs is 22. The quantitative estimate of drug-likeness (QED) is 0.157. The summed E-state index contributed by atoms with van der Waals surface area (Å²) in [5.41, 5.74) is 24.4. The first-order valence-electron chi connectivity index (χ1n) is 23.4. The summed E-state index contributed by atoms with van der Waals surface area (Å²) < 4.78 is 0. The monoisotopic (exact) mass is 853 g/mol. The van der Waals surface area contributed by atoms with Gasteiger partial charge in [-0.05, 0) is 128 Å². The van der Waals surface area contributed by atoms with Crippen molar-refractivity contribution in [1.29, 1.82) is 0 Å². The molecule has 2 heteroatoms. The van der Waals surface area contributed by atoms with Crippen LogP contribution in [-0.2, 0) is 10.8 Å². The second kappa shape index (κ2) is 12.7. The first-order chi connectivity index (χ1) is 32.5. The van der Waals surface area contributed by atoms with Crippen molar-refractivity contribution in [1.82, 2.24) is 0 Å². The van der Waals surface area contributed by atoms with Gasteiger partial charge in [-0.2, -0.15) is 0 Å². The molecule has 66 heavy (non-hydrogen) atoms. The molecule has 0 saturated carbocycles. The topological polar surface area (TPSA) is 3.24 Å². The molecule has 10 aromatic carbocycles. The van der Waals surface area contributed by atoms with E-state index in [0.29, 0.717) is 0 Å². The van der Waals surface area contributed by atoms with Crippen LogP contribution in [0.5, 0.6) is 0 Å². The molecular formula is C64H43NSi. The van der Waals surface area contributed by atoms with E-state index < -0.39 is 13.5 Å². The van der Waals surface area contributed by atoms with Gasteiger partial charge in [0.25, 0.3) is 0 Å². The van der Waals surface area contributed by atoms with Gasteiger partial charge in [-0.25, -0.2) is 0 Å². The van der Waals surface area contributed by atoms with E-state index in [-0.39, 0.29) is 5.41 Å². The molecule has 3 aliphatic heterocycles. The minimum absolute atomic E-state index is 0.177. The molecule has 0 amide bonds. The van der Waals surface area contributed by atoms with Gasteiger partial charge < -0.3 is 4.90 Å². The van der Waals surface area contributed by atoms with Gasteiger partial charge in [-0.1, -0.05) is 214 Å².